The van der Waals surface area contributed by atoms with Crippen LogP contribution >= 0.6 is 0 Å². The van der Waals surface area contributed by atoms with Crippen LogP contribution in [0.2, 0.25) is 12.6 Å². The Morgan fingerprint density at radius 3 is 2.24 bits per heavy atom. The molecule has 0 fully saturated rings. The van der Waals surface area contributed by atoms with Crippen molar-refractivity contribution in [3.63, 3.8) is 0 Å². The quantitative estimate of drug-likeness (QED) is 0.204. The molecule has 0 radical (unpaired) electrons. The lowest BCUT2D eigenvalue weighted by Gasteiger charge is -2.22. The summed E-state index contributed by atoms with van der Waals surface area (Å²) in [5, 5.41) is 0. The first kappa shape index (κ1) is 16.4. The molecule has 0 aliphatic rings. The van der Waals surface area contributed by atoms with E-state index in [0.29, 0.717) is 0 Å². The number of hydrogen-bond acceptors (Lipinski definition) is 7. The number of hydrogen-bond donors (Lipinski definition) is 4. The zero-order valence-corrected chi connectivity index (χ0v) is 11.8. The maximum Gasteiger partial charge on any atom is 0.488 e. The Morgan fingerprint density at radius 1 is 1.29 bits per heavy atom. The van der Waals surface area contributed by atoms with Crippen molar-refractivity contribution in [1.82, 2.24) is 0 Å². The molecule has 0 heterocycles. The van der Waals surface area contributed by atoms with Crippen LogP contribution in [0.5, 0.6) is 0 Å². The van der Waals surface area contributed by atoms with Gasteiger partial charge in [0.05, 0.1) is 6.61 Å². The Balaban J connectivity index is 3.88. The van der Waals surface area contributed by atoms with Gasteiger partial charge in [0, 0.05) is 18.2 Å². The molecule has 0 spiro atoms. The van der Waals surface area contributed by atoms with Crippen molar-refractivity contribution in [1.29, 1.82) is 0 Å². The van der Waals surface area contributed by atoms with E-state index in [9.17, 15) is 14.4 Å². The molecule has 7 nitrogen and oxygen atoms in total. The van der Waals surface area contributed by atoms with Gasteiger partial charge in [0.2, 0.25) is 0 Å². The lowest BCUT2D eigenvalue weighted by molar-refractivity contribution is -0.139. The first-order chi connectivity index (χ1) is 7.53. The SMILES string of the molecule is C=C(C)C(=O)OCCC[Si](O)(O)O[Si](C)(O)O. The smallest absolute Gasteiger partial charge is 0.462 e. The molecule has 0 atom stereocenters. The monoisotopic (exact) mass is 282 g/mol. The van der Waals surface area contributed by atoms with Gasteiger partial charge in [-0.05, 0) is 13.3 Å². The average molecular weight is 282 g/mol. The third kappa shape index (κ3) is 9.17. The second-order valence-corrected chi connectivity index (χ2v) is 8.47. The third-order valence-corrected chi connectivity index (χ3v) is 5.44. The molecule has 0 aromatic carbocycles. The zero-order valence-electron chi connectivity index (χ0n) is 9.84. The van der Waals surface area contributed by atoms with E-state index in [1.165, 1.54) is 6.92 Å². The Hall–Kier alpha value is -0.556. The highest BCUT2D eigenvalue weighted by molar-refractivity contribution is 6.71. The van der Waals surface area contributed by atoms with E-state index in [4.69, 9.17) is 14.3 Å². The largest absolute Gasteiger partial charge is 0.488 e. The van der Waals surface area contributed by atoms with Gasteiger partial charge < -0.3 is 28.0 Å². The molecule has 0 unspecified atom stereocenters. The zero-order chi connectivity index (χ0) is 13.7. The highest BCUT2D eigenvalue weighted by atomic mass is 28.5. The minimum atomic E-state index is -4.09. The highest BCUT2D eigenvalue weighted by Crippen LogP contribution is 2.11. The Labute approximate surface area is 102 Å². The molecule has 4 N–H and O–H groups in total. The van der Waals surface area contributed by atoms with Gasteiger partial charge in [-0.3, -0.25) is 0 Å². The van der Waals surface area contributed by atoms with Crippen LogP contribution in [0.15, 0.2) is 12.2 Å². The molecule has 17 heavy (non-hydrogen) atoms. The van der Waals surface area contributed by atoms with Crippen molar-refractivity contribution >= 4 is 23.6 Å². The summed E-state index contributed by atoms with van der Waals surface area (Å²) in [6.45, 7) is 5.87. The normalized spacial score (nSPS) is 12.4. The number of esters is 1. The molecular formula is C8H18O7Si2. The lowest BCUT2D eigenvalue weighted by Crippen LogP contribution is -2.51. The number of rotatable bonds is 7. The molecule has 0 rings (SSSR count). The number of ether oxygens (including phenoxy) is 1. The van der Waals surface area contributed by atoms with Gasteiger partial charge in [0.1, 0.15) is 0 Å². The molecule has 0 bridgehead atoms. The molecule has 0 aliphatic heterocycles. The van der Waals surface area contributed by atoms with E-state index < -0.39 is 23.6 Å². The van der Waals surface area contributed by atoms with Crippen LogP contribution in [0.4, 0.5) is 0 Å². The van der Waals surface area contributed by atoms with Crippen molar-refractivity contribution in [2.45, 2.75) is 25.9 Å². The van der Waals surface area contributed by atoms with Crippen LogP contribution in [0.1, 0.15) is 13.3 Å². The minimum Gasteiger partial charge on any atom is -0.462 e. The van der Waals surface area contributed by atoms with Crippen molar-refractivity contribution in [3.8, 4) is 0 Å². The predicted octanol–water partition coefficient (Wildman–Crippen LogP) is -1.01. The number of carbonyl (C=O) groups is 1. The summed E-state index contributed by atoms with van der Waals surface area (Å²) in [5.74, 6) is -0.558. The Morgan fingerprint density at radius 2 is 1.82 bits per heavy atom. The first-order valence-corrected chi connectivity index (χ1v) is 9.27. The molecule has 0 saturated carbocycles. The second kappa shape index (κ2) is 6.40. The van der Waals surface area contributed by atoms with Crippen molar-refractivity contribution in [2.75, 3.05) is 6.61 Å². The summed E-state index contributed by atoms with van der Waals surface area (Å²) >= 11 is 0. The van der Waals surface area contributed by atoms with E-state index >= 15 is 0 Å². The summed E-state index contributed by atoms with van der Waals surface area (Å²) in [4.78, 5) is 47.6. The average Bonchev–Trinajstić information content (AvgIpc) is 2.07. The standard InChI is InChI=1S/C8H18O7Si2/c1-7(2)8(9)14-5-4-6-17(12,13)15-16(3,10)11/h10-13H,1,4-6H2,2-3H3. The van der Waals surface area contributed by atoms with E-state index in [1.807, 2.05) is 0 Å². The van der Waals surface area contributed by atoms with Crippen LogP contribution in [0.3, 0.4) is 0 Å². The molecule has 0 saturated heterocycles. The van der Waals surface area contributed by atoms with Gasteiger partial charge >= 0.3 is 23.6 Å². The maximum atomic E-state index is 11.0. The van der Waals surface area contributed by atoms with Gasteiger partial charge in [-0.2, -0.15) is 0 Å². The van der Waals surface area contributed by atoms with Crippen LogP contribution in [-0.4, -0.2) is 49.4 Å². The van der Waals surface area contributed by atoms with Gasteiger partial charge in [-0.25, -0.2) is 4.79 Å². The maximum absolute atomic E-state index is 11.0. The summed E-state index contributed by atoms with van der Waals surface area (Å²) in [6.07, 6.45) is 0.155. The van der Waals surface area contributed by atoms with Crippen molar-refractivity contribution < 1.29 is 32.8 Å². The molecule has 9 heteroatoms. The topological polar surface area (TPSA) is 116 Å². The Kier molecular flexibility index (Phi) is 6.19. The van der Waals surface area contributed by atoms with E-state index in [0.717, 1.165) is 6.55 Å². The van der Waals surface area contributed by atoms with Crippen LogP contribution in [0, 0.1) is 0 Å². The second-order valence-electron chi connectivity index (χ2n) is 3.80. The van der Waals surface area contributed by atoms with Gasteiger partial charge in [0.15, 0.2) is 0 Å². The third-order valence-electron chi connectivity index (χ3n) is 1.59. The fourth-order valence-electron chi connectivity index (χ4n) is 0.951. The van der Waals surface area contributed by atoms with E-state index in [2.05, 4.69) is 10.7 Å². The van der Waals surface area contributed by atoms with Crippen LogP contribution in [-0.2, 0) is 13.6 Å². The summed E-state index contributed by atoms with van der Waals surface area (Å²) < 4.78 is 9.14. The molecular weight excluding hydrogens is 264 g/mol. The molecule has 0 aromatic rings. The van der Waals surface area contributed by atoms with Crippen molar-refractivity contribution in [2.24, 2.45) is 0 Å². The molecule has 0 aromatic heterocycles. The van der Waals surface area contributed by atoms with E-state index in [-0.39, 0.29) is 24.6 Å². The van der Waals surface area contributed by atoms with E-state index in [1.54, 1.807) is 0 Å². The number of carbonyl (C=O) groups excluding carboxylic acids is 1. The summed E-state index contributed by atoms with van der Waals surface area (Å²) in [5.41, 5.74) is 0.253. The molecule has 100 valence electrons. The Bertz CT molecular complexity index is 284. The fraction of sp³-hybridized carbons (Fsp3) is 0.625. The highest BCUT2D eigenvalue weighted by Gasteiger charge is 2.41. The minimum absolute atomic E-state index is 0.0138. The summed E-state index contributed by atoms with van der Waals surface area (Å²) in [6, 6.07) is -0.180. The van der Waals surface area contributed by atoms with Crippen molar-refractivity contribution in [3.05, 3.63) is 12.2 Å². The lowest BCUT2D eigenvalue weighted by atomic mass is 10.4. The first-order valence-electron chi connectivity index (χ1n) is 4.96. The summed E-state index contributed by atoms with van der Waals surface area (Å²) in [7, 11) is -8.04. The molecule has 0 amide bonds. The van der Waals surface area contributed by atoms with Crippen LogP contribution < -0.4 is 0 Å². The van der Waals surface area contributed by atoms with Crippen LogP contribution in [0.25, 0.3) is 0 Å². The van der Waals surface area contributed by atoms with Gasteiger partial charge in [-0.15, -0.1) is 0 Å². The predicted molar refractivity (Wildman–Crippen MR) is 62.5 cm³/mol. The van der Waals surface area contributed by atoms with Gasteiger partial charge in [-0.1, -0.05) is 6.58 Å². The molecule has 0 aliphatic carbocycles. The fourth-order valence-corrected chi connectivity index (χ4v) is 4.44. The van der Waals surface area contributed by atoms with Gasteiger partial charge in [0.25, 0.3) is 0 Å².